The first-order valence-corrected chi connectivity index (χ1v) is 6.77. The normalized spacial score (nSPS) is 12.8. The van der Waals surface area contributed by atoms with E-state index in [1.54, 1.807) is 0 Å². The Balaban J connectivity index is 3.18. The average Bonchev–Trinajstić information content (AvgIpc) is 2.35. The number of pyridine rings is 1. The molecule has 0 aromatic carbocycles. The van der Waals surface area contributed by atoms with Crippen molar-refractivity contribution in [2.24, 2.45) is 4.99 Å². The number of alkyl halides is 3. The van der Waals surface area contributed by atoms with Gasteiger partial charge in [-0.15, -0.1) is 11.8 Å². The molecule has 8 heteroatoms. The molecule has 106 valence electrons. The fourth-order valence-electron chi connectivity index (χ4n) is 1.24. The molecule has 0 aliphatic heterocycles. The summed E-state index contributed by atoms with van der Waals surface area (Å²) in [6.45, 7) is 1.71. The van der Waals surface area contributed by atoms with Crippen molar-refractivity contribution in [2.45, 2.75) is 18.0 Å². The molecule has 3 nitrogen and oxygen atoms in total. The van der Waals surface area contributed by atoms with Crippen molar-refractivity contribution in [3.63, 3.8) is 0 Å². The first kappa shape index (κ1) is 16.3. The molecule has 1 aromatic heterocycles. The van der Waals surface area contributed by atoms with Crippen LogP contribution in [0.5, 0.6) is 0 Å². The molecule has 1 rings (SSSR count). The third-order valence-corrected chi connectivity index (χ3v) is 3.24. The maximum absolute atomic E-state index is 12.6. The second kappa shape index (κ2) is 7.12. The number of aliphatic imine (C=N–C) groups is 1. The highest BCUT2D eigenvalue weighted by Crippen LogP contribution is 2.33. The molecular formula is C11H12ClF3N2OS. The standard InChI is InChI=1S/C11H12ClF3N2OS/c1-2-19-8-5-7(11(13,14)15)6-17-9(8)10(12)16-3-4-18/h5-6,18H,2-4H2,1H3. The van der Waals surface area contributed by atoms with Crippen LogP contribution < -0.4 is 0 Å². The highest BCUT2D eigenvalue weighted by Gasteiger charge is 2.32. The maximum Gasteiger partial charge on any atom is 0.417 e. The van der Waals surface area contributed by atoms with Gasteiger partial charge >= 0.3 is 6.18 Å². The first-order valence-electron chi connectivity index (χ1n) is 5.41. The van der Waals surface area contributed by atoms with Gasteiger partial charge in [0.2, 0.25) is 0 Å². The smallest absolute Gasteiger partial charge is 0.394 e. The Hall–Kier alpha value is -0.790. The number of rotatable bonds is 5. The number of halogens is 4. The Kier molecular flexibility index (Phi) is 6.09. The summed E-state index contributed by atoms with van der Waals surface area (Å²) in [4.78, 5) is 7.88. The molecule has 19 heavy (non-hydrogen) atoms. The van der Waals surface area contributed by atoms with E-state index in [-0.39, 0.29) is 24.0 Å². The van der Waals surface area contributed by atoms with Gasteiger partial charge in [-0.25, -0.2) is 0 Å². The summed E-state index contributed by atoms with van der Waals surface area (Å²) < 4.78 is 37.8. The largest absolute Gasteiger partial charge is 0.417 e. The zero-order valence-electron chi connectivity index (χ0n) is 10.0. The van der Waals surface area contributed by atoms with E-state index >= 15 is 0 Å². The minimum Gasteiger partial charge on any atom is -0.394 e. The number of nitrogens with zero attached hydrogens (tertiary/aromatic N) is 2. The van der Waals surface area contributed by atoms with Crippen LogP contribution in [-0.2, 0) is 6.18 Å². The Labute approximate surface area is 117 Å². The molecule has 0 spiro atoms. The Morgan fingerprint density at radius 2 is 2.21 bits per heavy atom. The molecule has 1 aromatic rings. The molecule has 0 unspecified atom stereocenters. The Bertz CT molecular complexity index is 466. The predicted octanol–water partition coefficient (Wildman–Crippen LogP) is 3.19. The number of hydrogen-bond acceptors (Lipinski definition) is 4. The minimum absolute atomic E-state index is 0.00118. The molecule has 0 fully saturated rings. The van der Waals surface area contributed by atoms with Gasteiger partial charge in [-0.05, 0) is 11.8 Å². The highest BCUT2D eigenvalue weighted by molar-refractivity contribution is 7.99. The quantitative estimate of drug-likeness (QED) is 0.671. The van der Waals surface area contributed by atoms with E-state index in [0.29, 0.717) is 10.6 Å². The monoisotopic (exact) mass is 312 g/mol. The van der Waals surface area contributed by atoms with E-state index < -0.39 is 11.7 Å². The van der Waals surface area contributed by atoms with Crippen LogP contribution in [0, 0.1) is 0 Å². The SMILES string of the molecule is CCSc1cc(C(F)(F)F)cnc1C(Cl)=NCCO. The molecule has 0 amide bonds. The van der Waals surface area contributed by atoms with E-state index in [1.165, 1.54) is 11.8 Å². The summed E-state index contributed by atoms with van der Waals surface area (Å²) in [5.74, 6) is 0.583. The van der Waals surface area contributed by atoms with E-state index in [9.17, 15) is 13.2 Å². The zero-order valence-corrected chi connectivity index (χ0v) is 11.6. The van der Waals surface area contributed by atoms with Gasteiger partial charge in [0.15, 0.2) is 5.17 Å². The van der Waals surface area contributed by atoms with Gasteiger partial charge < -0.3 is 5.11 Å². The molecule has 1 N–H and O–H groups in total. The van der Waals surface area contributed by atoms with E-state index in [0.717, 1.165) is 12.3 Å². The van der Waals surface area contributed by atoms with Crippen molar-refractivity contribution in [2.75, 3.05) is 18.9 Å². The fraction of sp³-hybridized carbons (Fsp3) is 0.455. The van der Waals surface area contributed by atoms with Gasteiger partial charge in [-0.1, -0.05) is 18.5 Å². The number of aliphatic hydroxyl groups excluding tert-OH is 1. The number of hydrogen-bond donors (Lipinski definition) is 1. The van der Waals surface area contributed by atoms with Crippen LogP contribution in [0.25, 0.3) is 0 Å². The lowest BCUT2D eigenvalue weighted by Crippen LogP contribution is -2.09. The van der Waals surface area contributed by atoms with Crippen molar-refractivity contribution >= 4 is 28.5 Å². The van der Waals surface area contributed by atoms with Gasteiger partial charge in [0.25, 0.3) is 0 Å². The number of aromatic nitrogens is 1. The summed E-state index contributed by atoms with van der Waals surface area (Å²) in [6, 6.07) is 1.01. The Morgan fingerprint density at radius 1 is 1.53 bits per heavy atom. The third-order valence-electron chi connectivity index (χ3n) is 2.03. The highest BCUT2D eigenvalue weighted by atomic mass is 35.5. The molecule has 1 heterocycles. The van der Waals surface area contributed by atoms with Gasteiger partial charge in [-0.3, -0.25) is 9.98 Å². The number of thioether (sulfide) groups is 1. The average molecular weight is 313 g/mol. The van der Waals surface area contributed by atoms with Crippen LogP contribution in [0.15, 0.2) is 22.2 Å². The summed E-state index contributed by atoms with van der Waals surface area (Å²) in [6.07, 6.45) is -3.71. The van der Waals surface area contributed by atoms with Crippen LogP contribution in [0.2, 0.25) is 0 Å². The first-order chi connectivity index (χ1) is 8.90. The van der Waals surface area contributed by atoms with Crippen LogP contribution in [0.3, 0.4) is 0 Å². The molecule has 0 radical (unpaired) electrons. The number of aliphatic hydroxyl groups is 1. The lowest BCUT2D eigenvalue weighted by molar-refractivity contribution is -0.138. The lowest BCUT2D eigenvalue weighted by atomic mass is 10.2. The summed E-state index contributed by atoms with van der Waals surface area (Å²) >= 11 is 7.08. The maximum atomic E-state index is 12.6. The molecule has 0 saturated heterocycles. The minimum atomic E-state index is -4.44. The van der Waals surface area contributed by atoms with Crippen molar-refractivity contribution in [1.82, 2.24) is 4.98 Å². The lowest BCUT2D eigenvalue weighted by Gasteiger charge is -2.11. The van der Waals surface area contributed by atoms with Crippen molar-refractivity contribution in [1.29, 1.82) is 0 Å². The van der Waals surface area contributed by atoms with Crippen LogP contribution in [-0.4, -0.2) is 34.2 Å². The second-order valence-electron chi connectivity index (χ2n) is 3.40. The predicted molar refractivity (Wildman–Crippen MR) is 70.0 cm³/mol. The fourth-order valence-corrected chi connectivity index (χ4v) is 2.34. The van der Waals surface area contributed by atoms with E-state index in [2.05, 4.69) is 9.98 Å². The van der Waals surface area contributed by atoms with Crippen LogP contribution >= 0.6 is 23.4 Å². The molecule has 0 aliphatic rings. The van der Waals surface area contributed by atoms with Gasteiger partial charge in [0.1, 0.15) is 5.69 Å². The van der Waals surface area contributed by atoms with Gasteiger partial charge in [-0.2, -0.15) is 13.2 Å². The topological polar surface area (TPSA) is 45.5 Å². The van der Waals surface area contributed by atoms with Crippen molar-refractivity contribution < 1.29 is 18.3 Å². The Morgan fingerprint density at radius 3 is 2.74 bits per heavy atom. The molecule has 0 bridgehead atoms. The van der Waals surface area contributed by atoms with Crippen LogP contribution in [0.4, 0.5) is 13.2 Å². The third kappa shape index (κ3) is 4.67. The second-order valence-corrected chi connectivity index (χ2v) is 5.06. The van der Waals surface area contributed by atoms with Crippen LogP contribution in [0.1, 0.15) is 18.2 Å². The van der Waals surface area contributed by atoms with E-state index in [4.69, 9.17) is 16.7 Å². The molecular weight excluding hydrogens is 301 g/mol. The summed E-state index contributed by atoms with van der Waals surface area (Å²) in [5, 5.41) is 8.64. The molecule has 0 aliphatic carbocycles. The summed E-state index contributed by atoms with van der Waals surface area (Å²) in [5.41, 5.74) is -0.617. The molecule has 0 atom stereocenters. The molecule has 0 saturated carbocycles. The summed E-state index contributed by atoms with van der Waals surface area (Å²) in [7, 11) is 0. The van der Waals surface area contributed by atoms with Gasteiger partial charge in [0.05, 0.1) is 18.7 Å². The zero-order chi connectivity index (χ0) is 14.5. The van der Waals surface area contributed by atoms with E-state index in [1.807, 2.05) is 6.92 Å². The van der Waals surface area contributed by atoms with Gasteiger partial charge in [0, 0.05) is 11.1 Å². The van der Waals surface area contributed by atoms with Crippen molar-refractivity contribution in [3.8, 4) is 0 Å². The van der Waals surface area contributed by atoms with Crippen molar-refractivity contribution in [3.05, 3.63) is 23.5 Å².